The van der Waals surface area contributed by atoms with Crippen LogP contribution >= 0.6 is 0 Å². The van der Waals surface area contributed by atoms with Crippen LogP contribution in [0.3, 0.4) is 0 Å². The second-order valence-corrected chi connectivity index (χ2v) is 0.866. The van der Waals surface area contributed by atoms with E-state index in [4.69, 9.17) is 21.6 Å². The quantitative estimate of drug-likeness (QED) is 0.137. The molecule has 0 aliphatic rings. The van der Waals surface area contributed by atoms with Crippen LogP contribution < -0.4 is 11.4 Å². The Labute approximate surface area is 46.2 Å². The fourth-order valence-corrected chi connectivity index (χ4v) is 0. The van der Waals surface area contributed by atoms with E-state index in [9.17, 15) is 0 Å². The SMILES string of the molecule is CC(=N)N.ONOO. The van der Waals surface area contributed by atoms with Crippen LogP contribution in [0.5, 0.6) is 0 Å². The molecule has 0 saturated carbocycles. The summed E-state index contributed by atoms with van der Waals surface area (Å²) in [5.74, 6) is 0.167. The minimum absolute atomic E-state index is 0.167. The summed E-state index contributed by atoms with van der Waals surface area (Å²) in [6.45, 7) is 1.53. The molecule has 0 heterocycles. The van der Waals surface area contributed by atoms with Crippen molar-refractivity contribution >= 4 is 5.84 Å². The van der Waals surface area contributed by atoms with Gasteiger partial charge in [-0.3, -0.25) is 10.6 Å². The first-order valence-electron chi connectivity index (χ1n) is 1.65. The predicted octanol–water partition coefficient (Wildman–Crippen LogP) is -0.688. The van der Waals surface area contributed by atoms with E-state index in [1.807, 2.05) is 0 Å². The fourth-order valence-electron chi connectivity index (χ4n) is 0. The molecule has 0 radical (unpaired) electrons. The van der Waals surface area contributed by atoms with Crippen molar-refractivity contribution in [2.45, 2.75) is 6.92 Å². The lowest BCUT2D eigenvalue weighted by Crippen LogP contribution is -2.02. The second kappa shape index (κ2) is 9.58. The summed E-state index contributed by atoms with van der Waals surface area (Å²) in [6.07, 6.45) is 0. The van der Waals surface area contributed by atoms with Crippen molar-refractivity contribution in [1.82, 2.24) is 5.64 Å². The van der Waals surface area contributed by atoms with Crippen molar-refractivity contribution in [1.29, 1.82) is 5.41 Å². The molecule has 0 aromatic heterocycles. The minimum Gasteiger partial charge on any atom is -0.388 e. The normalized spacial score (nSPS) is 6.88. The molecular weight excluding hydrogens is 114 g/mol. The van der Waals surface area contributed by atoms with E-state index in [-0.39, 0.29) is 5.84 Å². The van der Waals surface area contributed by atoms with E-state index in [1.165, 1.54) is 6.92 Å². The molecule has 6 heteroatoms. The van der Waals surface area contributed by atoms with Crippen molar-refractivity contribution in [3.8, 4) is 0 Å². The van der Waals surface area contributed by atoms with Gasteiger partial charge in [0, 0.05) is 0 Å². The Kier molecular flexibility index (Phi) is 12.4. The van der Waals surface area contributed by atoms with Crippen LogP contribution in [0.1, 0.15) is 6.92 Å². The third-order valence-corrected chi connectivity index (χ3v) is 0.0408. The smallest absolute Gasteiger partial charge is 0.0873 e. The Morgan fingerprint density at radius 3 is 2.00 bits per heavy atom. The van der Waals surface area contributed by atoms with Gasteiger partial charge < -0.3 is 5.73 Å². The highest BCUT2D eigenvalue weighted by Gasteiger charge is 1.53. The molecule has 0 unspecified atom stereocenters. The zero-order valence-electron chi connectivity index (χ0n) is 4.38. The van der Waals surface area contributed by atoms with Gasteiger partial charge in [-0.05, 0) is 12.6 Å². The standard InChI is InChI=1S/C2H6N2.H3NO3/c1-2(3)4;2-1-4-3/h1H3,(H3,3,4);1-3H. The molecule has 0 atom stereocenters. The average molecular weight is 123 g/mol. The zero-order chi connectivity index (χ0) is 6.99. The second-order valence-electron chi connectivity index (χ2n) is 0.866. The van der Waals surface area contributed by atoms with Crippen molar-refractivity contribution < 1.29 is 15.5 Å². The van der Waals surface area contributed by atoms with Gasteiger partial charge in [-0.15, -0.1) is 4.99 Å². The topological polar surface area (TPSA) is 112 Å². The van der Waals surface area contributed by atoms with Gasteiger partial charge in [-0.1, -0.05) is 0 Å². The van der Waals surface area contributed by atoms with Crippen molar-refractivity contribution in [3.05, 3.63) is 0 Å². The van der Waals surface area contributed by atoms with Gasteiger partial charge >= 0.3 is 0 Å². The Balaban J connectivity index is 0. The van der Waals surface area contributed by atoms with Gasteiger partial charge in [0.1, 0.15) is 0 Å². The molecule has 6 N–H and O–H groups in total. The van der Waals surface area contributed by atoms with Crippen LogP contribution in [0.4, 0.5) is 0 Å². The minimum atomic E-state index is 0.167. The monoisotopic (exact) mass is 123 g/mol. The van der Waals surface area contributed by atoms with Crippen LogP contribution in [0.2, 0.25) is 0 Å². The molecule has 0 spiro atoms. The lowest BCUT2D eigenvalue weighted by molar-refractivity contribution is -0.356. The number of nitrogens with two attached hydrogens (primary N) is 1. The Morgan fingerprint density at radius 1 is 1.88 bits per heavy atom. The summed E-state index contributed by atoms with van der Waals surface area (Å²) in [6, 6.07) is 0. The number of hydrogen-bond acceptors (Lipinski definition) is 5. The first kappa shape index (κ1) is 10.3. The summed E-state index contributed by atoms with van der Waals surface area (Å²) >= 11 is 0. The maximum absolute atomic E-state index is 7.15. The molecule has 0 amide bonds. The zero-order valence-corrected chi connectivity index (χ0v) is 4.38. The van der Waals surface area contributed by atoms with E-state index in [0.717, 1.165) is 5.64 Å². The van der Waals surface area contributed by atoms with Crippen molar-refractivity contribution in [2.75, 3.05) is 0 Å². The number of nitrogens with one attached hydrogen (secondary N) is 2. The molecular formula is C2H9N3O3. The predicted molar refractivity (Wildman–Crippen MR) is 26.2 cm³/mol. The van der Waals surface area contributed by atoms with E-state index in [2.05, 4.69) is 4.99 Å². The maximum atomic E-state index is 7.15. The fraction of sp³-hybridized carbons (Fsp3) is 0.500. The van der Waals surface area contributed by atoms with Gasteiger partial charge in [0.2, 0.25) is 0 Å². The third-order valence-electron chi connectivity index (χ3n) is 0.0408. The molecule has 0 aromatic rings. The molecule has 6 nitrogen and oxygen atoms in total. The first-order chi connectivity index (χ1) is 3.65. The summed E-state index contributed by atoms with van der Waals surface area (Å²) in [5.41, 5.74) is 5.68. The van der Waals surface area contributed by atoms with Crippen LogP contribution in [0.15, 0.2) is 0 Å². The maximum Gasteiger partial charge on any atom is 0.0873 e. The summed E-state index contributed by atoms with van der Waals surface area (Å²) < 4.78 is 0. The first-order valence-corrected chi connectivity index (χ1v) is 1.65. The number of rotatable bonds is 1. The Hall–Kier alpha value is -0.690. The Bertz CT molecular complexity index is 50.5. The summed E-state index contributed by atoms with van der Waals surface area (Å²) in [7, 11) is 0. The molecule has 0 aliphatic heterocycles. The summed E-state index contributed by atoms with van der Waals surface area (Å²) in [5, 5.41) is 20.4. The molecule has 0 rings (SSSR count). The van der Waals surface area contributed by atoms with Gasteiger partial charge in [-0.25, -0.2) is 5.26 Å². The number of hydrogen-bond donors (Lipinski definition) is 5. The van der Waals surface area contributed by atoms with Gasteiger partial charge in [0.25, 0.3) is 0 Å². The molecule has 50 valence electrons. The van der Waals surface area contributed by atoms with Crippen LogP contribution in [-0.4, -0.2) is 16.3 Å². The van der Waals surface area contributed by atoms with Crippen LogP contribution in [-0.2, 0) is 4.99 Å². The van der Waals surface area contributed by atoms with E-state index in [1.54, 1.807) is 0 Å². The van der Waals surface area contributed by atoms with Crippen LogP contribution in [0.25, 0.3) is 0 Å². The molecule has 8 heavy (non-hydrogen) atoms. The van der Waals surface area contributed by atoms with E-state index >= 15 is 0 Å². The molecule has 0 saturated heterocycles. The van der Waals surface area contributed by atoms with Crippen LogP contribution in [0, 0.1) is 5.41 Å². The molecule has 0 aliphatic carbocycles. The average Bonchev–Trinajstić information content (AvgIpc) is 1.65. The molecule has 0 fully saturated rings. The van der Waals surface area contributed by atoms with E-state index in [0.29, 0.717) is 0 Å². The lowest BCUT2D eigenvalue weighted by atomic mass is 10.8. The van der Waals surface area contributed by atoms with Gasteiger partial charge in [0.05, 0.1) is 5.84 Å². The van der Waals surface area contributed by atoms with Crippen molar-refractivity contribution in [2.24, 2.45) is 5.73 Å². The number of amidine groups is 1. The molecule has 0 bridgehead atoms. The Morgan fingerprint density at radius 2 is 2.00 bits per heavy atom. The largest absolute Gasteiger partial charge is 0.388 e. The van der Waals surface area contributed by atoms with Crippen molar-refractivity contribution in [3.63, 3.8) is 0 Å². The summed E-state index contributed by atoms with van der Waals surface area (Å²) in [4.78, 5) is 2.85. The van der Waals surface area contributed by atoms with Gasteiger partial charge in [-0.2, -0.15) is 0 Å². The highest BCUT2D eigenvalue weighted by molar-refractivity contribution is 5.73. The highest BCUT2D eigenvalue weighted by atomic mass is 17.2. The highest BCUT2D eigenvalue weighted by Crippen LogP contribution is 1.36. The van der Waals surface area contributed by atoms with E-state index < -0.39 is 0 Å². The lowest BCUT2D eigenvalue weighted by Gasteiger charge is -1.75. The third kappa shape index (κ3) is 1030. The van der Waals surface area contributed by atoms with Gasteiger partial charge in [0.15, 0.2) is 0 Å². The molecule has 0 aromatic carbocycles.